The Morgan fingerprint density at radius 1 is 1.44 bits per heavy atom. The van der Waals surface area contributed by atoms with Crippen LogP contribution >= 0.6 is 0 Å². The highest BCUT2D eigenvalue weighted by Gasteiger charge is 2.30. The maximum absolute atomic E-state index is 12.5. The first-order valence-electron chi connectivity index (χ1n) is 8.55. The van der Waals surface area contributed by atoms with Gasteiger partial charge in [-0.2, -0.15) is 4.98 Å². The summed E-state index contributed by atoms with van der Waals surface area (Å²) in [6.07, 6.45) is 0.500. The average molecular weight is 348 g/mol. The lowest BCUT2D eigenvalue weighted by atomic mass is 10.2. The van der Waals surface area contributed by atoms with E-state index >= 15 is 0 Å². The highest BCUT2D eigenvalue weighted by molar-refractivity contribution is 5.74. The molecule has 1 aliphatic heterocycles. The predicted octanol–water partition coefficient (Wildman–Crippen LogP) is 2.42. The third-order valence-corrected chi connectivity index (χ3v) is 4.09. The van der Waals surface area contributed by atoms with Gasteiger partial charge in [-0.05, 0) is 19.1 Å². The molecule has 3 rings (SSSR count). The maximum atomic E-state index is 12.5. The standard InChI is InChI=1S/C17H24N4O4/c1-11(2)16-19-15(25-20-16)6-7-18-17(22)21-8-9-23-10-13(21)14-5-4-12(3)24-14/h4-5,11,13H,6-10H2,1-3H3,(H,18,22)/t13-/m1/s1. The normalized spacial score (nSPS) is 17.9. The van der Waals surface area contributed by atoms with Crippen molar-refractivity contribution in [2.75, 3.05) is 26.3 Å². The zero-order chi connectivity index (χ0) is 17.8. The maximum Gasteiger partial charge on any atom is 0.318 e. The summed E-state index contributed by atoms with van der Waals surface area (Å²) in [5.74, 6) is 2.99. The molecule has 0 aliphatic carbocycles. The Labute approximate surface area is 146 Å². The predicted molar refractivity (Wildman–Crippen MR) is 89.2 cm³/mol. The second-order valence-corrected chi connectivity index (χ2v) is 6.42. The lowest BCUT2D eigenvalue weighted by molar-refractivity contribution is 0.00411. The molecule has 2 amide bonds. The van der Waals surface area contributed by atoms with Gasteiger partial charge in [0.25, 0.3) is 0 Å². The van der Waals surface area contributed by atoms with E-state index in [1.165, 1.54) is 0 Å². The van der Waals surface area contributed by atoms with E-state index in [4.69, 9.17) is 13.7 Å². The van der Waals surface area contributed by atoms with E-state index in [0.29, 0.717) is 44.4 Å². The summed E-state index contributed by atoms with van der Waals surface area (Å²) >= 11 is 0. The smallest absolute Gasteiger partial charge is 0.318 e. The Balaban J connectivity index is 1.55. The lowest BCUT2D eigenvalue weighted by Gasteiger charge is -2.34. The van der Waals surface area contributed by atoms with Crippen LogP contribution in [0.3, 0.4) is 0 Å². The van der Waals surface area contributed by atoms with E-state index in [0.717, 1.165) is 11.5 Å². The van der Waals surface area contributed by atoms with Gasteiger partial charge < -0.3 is 23.9 Å². The quantitative estimate of drug-likeness (QED) is 0.892. The van der Waals surface area contributed by atoms with Gasteiger partial charge in [0, 0.05) is 25.4 Å². The number of carbonyl (C=O) groups excluding carboxylic acids is 1. The van der Waals surface area contributed by atoms with E-state index in [9.17, 15) is 4.79 Å². The minimum Gasteiger partial charge on any atom is -0.464 e. The van der Waals surface area contributed by atoms with Crippen LogP contribution < -0.4 is 5.32 Å². The van der Waals surface area contributed by atoms with E-state index in [-0.39, 0.29) is 18.0 Å². The van der Waals surface area contributed by atoms with Gasteiger partial charge in [-0.15, -0.1) is 0 Å². The van der Waals surface area contributed by atoms with E-state index < -0.39 is 0 Å². The molecule has 25 heavy (non-hydrogen) atoms. The number of furan rings is 1. The van der Waals surface area contributed by atoms with Crippen LogP contribution in [0.2, 0.25) is 0 Å². The van der Waals surface area contributed by atoms with Crippen LogP contribution in [0.5, 0.6) is 0 Å². The van der Waals surface area contributed by atoms with Crippen LogP contribution in [0.25, 0.3) is 0 Å². The van der Waals surface area contributed by atoms with Crippen LogP contribution in [0.1, 0.15) is 49.0 Å². The zero-order valence-electron chi connectivity index (χ0n) is 14.8. The molecule has 0 bridgehead atoms. The van der Waals surface area contributed by atoms with Crippen LogP contribution in [0, 0.1) is 6.92 Å². The van der Waals surface area contributed by atoms with Gasteiger partial charge in [0.2, 0.25) is 5.89 Å². The number of aromatic nitrogens is 2. The third kappa shape index (κ3) is 4.19. The molecule has 0 radical (unpaired) electrons. The molecule has 0 aromatic carbocycles. The summed E-state index contributed by atoms with van der Waals surface area (Å²) in [6.45, 7) is 7.80. The number of carbonyl (C=O) groups is 1. The number of amides is 2. The Morgan fingerprint density at radius 3 is 2.96 bits per heavy atom. The van der Waals surface area contributed by atoms with Crippen LogP contribution in [0.15, 0.2) is 21.1 Å². The van der Waals surface area contributed by atoms with Crippen molar-refractivity contribution in [2.24, 2.45) is 0 Å². The Kier molecular flexibility index (Phi) is 5.37. The number of rotatable bonds is 5. The Morgan fingerprint density at radius 2 is 2.28 bits per heavy atom. The second kappa shape index (κ2) is 7.69. The fourth-order valence-electron chi connectivity index (χ4n) is 2.70. The molecular weight excluding hydrogens is 324 g/mol. The first-order chi connectivity index (χ1) is 12.0. The van der Waals surface area contributed by atoms with Crippen LogP contribution in [-0.4, -0.2) is 47.4 Å². The fraction of sp³-hybridized carbons (Fsp3) is 0.588. The summed E-state index contributed by atoms with van der Waals surface area (Å²) in [5, 5.41) is 6.83. The van der Waals surface area contributed by atoms with Gasteiger partial charge in [-0.3, -0.25) is 0 Å². The summed E-state index contributed by atoms with van der Waals surface area (Å²) in [5.41, 5.74) is 0. The van der Waals surface area contributed by atoms with Crippen molar-refractivity contribution in [1.29, 1.82) is 0 Å². The number of urea groups is 1. The van der Waals surface area contributed by atoms with Crippen molar-refractivity contribution in [3.63, 3.8) is 0 Å². The summed E-state index contributed by atoms with van der Waals surface area (Å²) in [4.78, 5) is 18.6. The molecule has 0 spiro atoms. The molecule has 0 unspecified atom stereocenters. The van der Waals surface area contributed by atoms with E-state index in [1.54, 1.807) is 4.90 Å². The zero-order valence-corrected chi connectivity index (χ0v) is 14.8. The molecular formula is C17H24N4O4. The molecule has 1 aliphatic rings. The van der Waals surface area contributed by atoms with Crippen LogP contribution in [-0.2, 0) is 11.2 Å². The van der Waals surface area contributed by atoms with Gasteiger partial charge >= 0.3 is 6.03 Å². The molecule has 8 heteroatoms. The van der Waals surface area contributed by atoms with Crippen LogP contribution in [0.4, 0.5) is 4.79 Å². The van der Waals surface area contributed by atoms with E-state index in [1.807, 2.05) is 32.9 Å². The molecule has 136 valence electrons. The number of nitrogens with zero attached hydrogens (tertiary/aromatic N) is 3. The molecule has 3 heterocycles. The summed E-state index contributed by atoms with van der Waals surface area (Å²) < 4.78 is 16.4. The molecule has 8 nitrogen and oxygen atoms in total. The van der Waals surface area contributed by atoms with Crippen molar-refractivity contribution < 1.29 is 18.5 Å². The molecule has 2 aromatic rings. The second-order valence-electron chi connectivity index (χ2n) is 6.42. The van der Waals surface area contributed by atoms with Crippen molar-refractivity contribution >= 4 is 6.03 Å². The van der Waals surface area contributed by atoms with Crippen molar-refractivity contribution in [3.8, 4) is 0 Å². The number of hydrogen-bond donors (Lipinski definition) is 1. The number of aryl methyl sites for hydroxylation is 1. The number of morpholine rings is 1. The lowest BCUT2D eigenvalue weighted by Crippen LogP contribution is -2.48. The Hall–Kier alpha value is -2.35. The molecule has 2 aromatic heterocycles. The minimum absolute atomic E-state index is 0.147. The van der Waals surface area contributed by atoms with Gasteiger partial charge in [0.05, 0.1) is 13.2 Å². The minimum atomic E-state index is -0.210. The average Bonchev–Trinajstić information content (AvgIpc) is 3.24. The van der Waals surface area contributed by atoms with Crippen molar-refractivity contribution in [3.05, 3.63) is 35.4 Å². The van der Waals surface area contributed by atoms with Crippen molar-refractivity contribution in [1.82, 2.24) is 20.4 Å². The summed E-state index contributed by atoms with van der Waals surface area (Å²) in [6, 6.07) is 3.42. The molecule has 0 saturated carbocycles. The highest BCUT2D eigenvalue weighted by Crippen LogP contribution is 2.25. The number of hydrogen-bond acceptors (Lipinski definition) is 6. The number of ether oxygens (including phenoxy) is 1. The molecule has 1 atom stereocenters. The summed E-state index contributed by atoms with van der Waals surface area (Å²) in [7, 11) is 0. The highest BCUT2D eigenvalue weighted by atomic mass is 16.5. The van der Waals surface area contributed by atoms with Gasteiger partial charge in [-0.1, -0.05) is 19.0 Å². The number of nitrogens with one attached hydrogen (secondary N) is 1. The first kappa shape index (κ1) is 17.5. The molecule has 1 saturated heterocycles. The van der Waals surface area contributed by atoms with Gasteiger partial charge in [0.15, 0.2) is 5.82 Å². The SMILES string of the molecule is Cc1ccc([C@H]2COCCN2C(=O)NCCc2nc(C(C)C)no2)o1. The Bertz CT molecular complexity index is 709. The first-order valence-corrected chi connectivity index (χ1v) is 8.55. The molecule has 1 N–H and O–H groups in total. The van der Waals surface area contributed by atoms with Gasteiger partial charge in [0.1, 0.15) is 17.6 Å². The monoisotopic (exact) mass is 348 g/mol. The molecule has 1 fully saturated rings. The topological polar surface area (TPSA) is 93.6 Å². The van der Waals surface area contributed by atoms with Gasteiger partial charge in [-0.25, -0.2) is 4.79 Å². The largest absolute Gasteiger partial charge is 0.464 e. The third-order valence-electron chi connectivity index (χ3n) is 4.09. The van der Waals surface area contributed by atoms with E-state index in [2.05, 4.69) is 15.5 Å². The van der Waals surface area contributed by atoms with Crippen molar-refractivity contribution in [2.45, 2.75) is 39.2 Å². The fourth-order valence-corrected chi connectivity index (χ4v) is 2.70.